The number of aromatic nitrogens is 4. The molecule has 0 saturated carbocycles. The number of nitrogens with one attached hydrogen (secondary N) is 2. The number of hydrogen-bond acceptors (Lipinski definition) is 5. The van der Waals surface area contributed by atoms with E-state index in [0.717, 1.165) is 30.4 Å². The van der Waals surface area contributed by atoms with Gasteiger partial charge in [0.2, 0.25) is 5.91 Å². The van der Waals surface area contributed by atoms with Crippen LogP contribution in [0.2, 0.25) is 0 Å². The lowest BCUT2D eigenvalue weighted by Gasteiger charge is -2.27. The number of hydrogen-bond donors (Lipinski definition) is 2. The molecule has 0 fully saturated rings. The second-order valence-corrected chi connectivity index (χ2v) is 7.27. The lowest BCUT2D eigenvalue weighted by molar-refractivity contribution is -0.121. The molecule has 3 aromatic rings. The number of alkyl halides is 2. The molecule has 30 heavy (non-hydrogen) atoms. The van der Waals surface area contributed by atoms with Gasteiger partial charge in [-0.2, -0.15) is 13.9 Å². The summed E-state index contributed by atoms with van der Waals surface area (Å²) in [6.07, 6.45) is 4.24. The standard InChI is InChI=1S/C20H21F2N5O3/c1-27-18-14(10-23-27)19(29)26-16(25-18)7-8-17(28)24-15-4-2-3-11-9-12(30-20(21)22)5-6-13(11)15/h5-6,9-10,15,20H,2-4,7-8H2,1H3,(H,24,28)(H,25,26,29). The molecule has 1 aromatic carbocycles. The van der Waals surface area contributed by atoms with Crippen LogP contribution in [-0.2, 0) is 24.7 Å². The van der Waals surface area contributed by atoms with Gasteiger partial charge in [0.05, 0.1) is 12.2 Å². The fourth-order valence-corrected chi connectivity index (χ4v) is 3.81. The van der Waals surface area contributed by atoms with Crippen molar-refractivity contribution in [3.05, 3.63) is 51.7 Å². The number of carbonyl (C=O) groups excluding carboxylic acids is 1. The first kappa shape index (κ1) is 20.0. The Morgan fingerprint density at radius 2 is 2.27 bits per heavy atom. The van der Waals surface area contributed by atoms with Gasteiger partial charge >= 0.3 is 6.61 Å². The van der Waals surface area contributed by atoms with Crippen molar-refractivity contribution < 1.29 is 18.3 Å². The maximum Gasteiger partial charge on any atom is 0.387 e. The van der Waals surface area contributed by atoms with Gasteiger partial charge < -0.3 is 15.0 Å². The molecule has 158 valence electrons. The van der Waals surface area contributed by atoms with Crippen molar-refractivity contribution in [2.75, 3.05) is 0 Å². The topological polar surface area (TPSA) is 102 Å². The van der Waals surface area contributed by atoms with E-state index in [4.69, 9.17) is 0 Å². The zero-order valence-electron chi connectivity index (χ0n) is 16.3. The summed E-state index contributed by atoms with van der Waals surface area (Å²) in [6, 6.07) is 4.64. The molecule has 8 nitrogen and oxygen atoms in total. The molecule has 0 aliphatic heterocycles. The van der Waals surface area contributed by atoms with Crippen LogP contribution in [0.1, 0.15) is 42.3 Å². The first-order valence-corrected chi connectivity index (χ1v) is 9.68. The van der Waals surface area contributed by atoms with E-state index in [1.807, 2.05) is 0 Å². The van der Waals surface area contributed by atoms with Gasteiger partial charge in [0.15, 0.2) is 5.65 Å². The van der Waals surface area contributed by atoms with Gasteiger partial charge in [-0.1, -0.05) is 6.07 Å². The van der Waals surface area contributed by atoms with Crippen molar-refractivity contribution in [2.45, 2.75) is 44.8 Å². The summed E-state index contributed by atoms with van der Waals surface area (Å²) >= 11 is 0. The Bertz CT molecular complexity index is 1140. The van der Waals surface area contributed by atoms with Gasteiger partial charge in [-0.25, -0.2) is 4.98 Å². The van der Waals surface area contributed by atoms with Crippen LogP contribution in [0.3, 0.4) is 0 Å². The summed E-state index contributed by atoms with van der Waals surface area (Å²) in [7, 11) is 1.70. The van der Waals surface area contributed by atoms with Gasteiger partial charge in [-0.3, -0.25) is 14.3 Å². The molecule has 1 aliphatic rings. The third-order valence-corrected chi connectivity index (χ3v) is 5.23. The molecule has 0 bridgehead atoms. The average Bonchev–Trinajstić information content (AvgIpc) is 3.07. The average molecular weight is 417 g/mol. The molecule has 1 unspecified atom stereocenters. The number of H-pyrrole nitrogens is 1. The van der Waals surface area contributed by atoms with Crippen LogP contribution < -0.4 is 15.6 Å². The molecule has 1 aliphatic carbocycles. The molecule has 0 radical (unpaired) electrons. The molecule has 2 heterocycles. The summed E-state index contributed by atoms with van der Waals surface area (Å²) < 4.78 is 30.8. The molecule has 2 N–H and O–H groups in total. The molecule has 1 atom stereocenters. The van der Waals surface area contributed by atoms with Gasteiger partial charge in [0.1, 0.15) is 17.0 Å². The van der Waals surface area contributed by atoms with Crippen molar-refractivity contribution in [3.8, 4) is 5.75 Å². The highest BCUT2D eigenvalue weighted by Crippen LogP contribution is 2.32. The van der Waals surface area contributed by atoms with E-state index in [9.17, 15) is 18.4 Å². The lowest BCUT2D eigenvalue weighted by atomic mass is 9.87. The zero-order valence-corrected chi connectivity index (χ0v) is 16.3. The predicted octanol–water partition coefficient (Wildman–Crippen LogP) is 2.38. The summed E-state index contributed by atoms with van der Waals surface area (Å²) in [5.41, 5.74) is 2.00. The minimum atomic E-state index is -2.87. The first-order valence-electron chi connectivity index (χ1n) is 9.68. The van der Waals surface area contributed by atoms with E-state index in [0.29, 0.717) is 16.9 Å². The summed E-state index contributed by atoms with van der Waals surface area (Å²) in [4.78, 5) is 31.7. The van der Waals surface area contributed by atoms with E-state index >= 15 is 0 Å². The van der Waals surface area contributed by atoms with Crippen molar-refractivity contribution >= 4 is 16.9 Å². The zero-order chi connectivity index (χ0) is 21.3. The molecule has 0 saturated heterocycles. The second kappa shape index (κ2) is 8.21. The maximum absolute atomic E-state index is 12.5. The highest BCUT2D eigenvalue weighted by atomic mass is 19.3. The van der Waals surface area contributed by atoms with Crippen LogP contribution in [0.4, 0.5) is 8.78 Å². The number of halogens is 2. The highest BCUT2D eigenvalue weighted by molar-refractivity contribution is 5.77. The summed E-state index contributed by atoms with van der Waals surface area (Å²) in [5.74, 6) is 0.369. The van der Waals surface area contributed by atoms with E-state index in [-0.39, 0.29) is 36.1 Å². The Morgan fingerprint density at radius 1 is 1.43 bits per heavy atom. The smallest absolute Gasteiger partial charge is 0.387 e. The molecular formula is C20H21F2N5O3. The maximum atomic E-state index is 12.5. The molecular weight excluding hydrogens is 396 g/mol. The minimum absolute atomic E-state index is 0.122. The van der Waals surface area contributed by atoms with Crippen molar-refractivity contribution in [1.82, 2.24) is 25.1 Å². The molecule has 1 amide bonds. The Hall–Kier alpha value is -3.30. The Labute approximate surface area is 170 Å². The summed E-state index contributed by atoms with van der Waals surface area (Å²) in [6.45, 7) is -2.87. The van der Waals surface area contributed by atoms with Crippen molar-refractivity contribution in [1.29, 1.82) is 0 Å². The normalized spacial score (nSPS) is 15.9. The number of aromatic amines is 1. The van der Waals surface area contributed by atoms with Crippen LogP contribution in [0, 0.1) is 0 Å². The van der Waals surface area contributed by atoms with Crippen LogP contribution in [-0.4, -0.2) is 32.3 Å². The van der Waals surface area contributed by atoms with Gasteiger partial charge in [0, 0.05) is 19.9 Å². The van der Waals surface area contributed by atoms with Crippen molar-refractivity contribution in [3.63, 3.8) is 0 Å². The number of amides is 1. The summed E-state index contributed by atoms with van der Waals surface area (Å²) in [5, 5.41) is 7.42. The third-order valence-electron chi connectivity index (χ3n) is 5.23. The van der Waals surface area contributed by atoms with Crippen LogP contribution >= 0.6 is 0 Å². The van der Waals surface area contributed by atoms with Crippen LogP contribution in [0.15, 0.2) is 29.2 Å². The first-order chi connectivity index (χ1) is 14.4. The molecule has 2 aromatic heterocycles. The molecule has 10 heteroatoms. The van der Waals surface area contributed by atoms with Crippen molar-refractivity contribution in [2.24, 2.45) is 7.05 Å². The van der Waals surface area contributed by atoms with E-state index in [1.165, 1.54) is 16.9 Å². The van der Waals surface area contributed by atoms with Gasteiger partial charge in [-0.05, 0) is 42.5 Å². The number of rotatable bonds is 6. The largest absolute Gasteiger partial charge is 0.435 e. The van der Waals surface area contributed by atoms with E-state index < -0.39 is 6.61 Å². The SMILES string of the molecule is Cn1ncc2c(=O)[nH]c(CCC(=O)NC3CCCc4cc(OC(F)F)ccc43)nc21. The lowest BCUT2D eigenvalue weighted by Crippen LogP contribution is -2.31. The predicted molar refractivity (Wildman–Crippen MR) is 104 cm³/mol. The van der Waals surface area contributed by atoms with E-state index in [2.05, 4.69) is 25.1 Å². The van der Waals surface area contributed by atoms with E-state index in [1.54, 1.807) is 19.2 Å². The number of ether oxygens (including phenoxy) is 1. The number of fused-ring (bicyclic) bond motifs is 2. The Morgan fingerprint density at radius 3 is 3.07 bits per heavy atom. The fourth-order valence-electron chi connectivity index (χ4n) is 3.81. The second-order valence-electron chi connectivity index (χ2n) is 7.27. The quantitative estimate of drug-likeness (QED) is 0.641. The van der Waals surface area contributed by atoms with Gasteiger partial charge in [-0.15, -0.1) is 0 Å². The molecule has 0 spiro atoms. The minimum Gasteiger partial charge on any atom is -0.435 e. The monoisotopic (exact) mass is 417 g/mol. The number of carbonyl (C=O) groups is 1. The fraction of sp³-hybridized carbons (Fsp3) is 0.400. The Balaban J connectivity index is 1.41. The van der Waals surface area contributed by atoms with Crippen LogP contribution in [0.25, 0.3) is 11.0 Å². The van der Waals surface area contributed by atoms with Crippen LogP contribution in [0.5, 0.6) is 5.75 Å². The number of nitrogens with zero attached hydrogens (tertiary/aromatic N) is 3. The number of benzene rings is 1. The highest BCUT2D eigenvalue weighted by Gasteiger charge is 2.23. The third kappa shape index (κ3) is 4.17. The van der Waals surface area contributed by atoms with Gasteiger partial charge in [0.25, 0.3) is 5.56 Å². The Kier molecular flexibility index (Phi) is 5.47. The number of aryl methyl sites for hydroxylation is 3. The molecule has 4 rings (SSSR count).